The van der Waals surface area contributed by atoms with Gasteiger partial charge in [0.1, 0.15) is 35.6 Å². The molecule has 0 saturated carbocycles. The smallest absolute Gasteiger partial charge is 0.319 e. The number of amides is 1. The van der Waals surface area contributed by atoms with Gasteiger partial charge in [-0.25, -0.2) is 17.6 Å². The number of nitrogens with zero attached hydrogens (tertiary/aromatic N) is 8. The predicted octanol–water partition coefficient (Wildman–Crippen LogP) is 6.29. The molecule has 0 bridgehead atoms. The zero-order valence-electron chi connectivity index (χ0n) is 29.6. The van der Waals surface area contributed by atoms with E-state index in [1.54, 1.807) is 48.3 Å². The summed E-state index contributed by atoms with van der Waals surface area (Å²) in [5.74, 6) is -0.511. The number of aromatic nitrogens is 5. The number of carbonyl (C=O) groups is 1. The van der Waals surface area contributed by atoms with Crippen molar-refractivity contribution in [3.8, 4) is 29.6 Å². The minimum Gasteiger partial charge on any atom is -0.461 e. The van der Waals surface area contributed by atoms with Crippen molar-refractivity contribution in [2.45, 2.75) is 56.4 Å². The number of ether oxygens (including phenoxy) is 1. The summed E-state index contributed by atoms with van der Waals surface area (Å²) in [7, 11) is 1.76. The van der Waals surface area contributed by atoms with Crippen LogP contribution in [-0.2, 0) is 4.79 Å². The van der Waals surface area contributed by atoms with Gasteiger partial charge < -0.3 is 14.5 Å². The first-order valence-electron chi connectivity index (χ1n) is 17.8. The van der Waals surface area contributed by atoms with Crippen LogP contribution in [-0.4, -0.2) is 97.9 Å². The van der Waals surface area contributed by atoms with Crippen molar-refractivity contribution in [2.75, 3.05) is 38.2 Å². The van der Waals surface area contributed by atoms with Crippen molar-refractivity contribution < 1.29 is 27.1 Å². The van der Waals surface area contributed by atoms with Gasteiger partial charge in [0.05, 0.1) is 28.2 Å². The largest absolute Gasteiger partial charge is 0.461 e. The zero-order chi connectivity index (χ0) is 37.7. The SMILES string of the molecule is C#Cc1c(F)ccc2cccc(-c3ncc4c(N(C)[C@@H]5CCN(C(=O)/C(F)=C/c6cccnn6)[C@@H]5C)nc(OC[C@@]56CCCN5C[C@H](F)C6)nc4c3F)c12. The van der Waals surface area contributed by atoms with Crippen molar-refractivity contribution in [2.24, 2.45) is 0 Å². The van der Waals surface area contributed by atoms with Crippen molar-refractivity contribution in [3.63, 3.8) is 0 Å². The fourth-order valence-corrected chi connectivity index (χ4v) is 8.49. The molecule has 0 spiro atoms. The quantitative estimate of drug-likeness (QED) is 0.104. The number of halogens is 4. The average Bonchev–Trinajstić information content (AvgIpc) is 3.85. The highest BCUT2D eigenvalue weighted by Crippen LogP contribution is 2.41. The molecule has 3 saturated heterocycles. The highest BCUT2D eigenvalue weighted by molar-refractivity contribution is 6.02. The Labute approximate surface area is 308 Å². The third-order valence-corrected chi connectivity index (χ3v) is 11.1. The lowest BCUT2D eigenvalue weighted by Crippen LogP contribution is -2.44. The first-order valence-corrected chi connectivity index (χ1v) is 17.8. The van der Waals surface area contributed by atoms with Crippen LogP contribution in [0.4, 0.5) is 23.4 Å². The van der Waals surface area contributed by atoms with Crippen LogP contribution >= 0.6 is 0 Å². The lowest BCUT2D eigenvalue weighted by atomic mass is 9.95. The molecule has 276 valence electrons. The monoisotopic (exact) mass is 736 g/mol. The van der Waals surface area contributed by atoms with Gasteiger partial charge >= 0.3 is 6.01 Å². The molecule has 10 nitrogen and oxygen atoms in total. The van der Waals surface area contributed by atoms with Crippen LogP contribution in [0.25, 0.3) is 39.0 Å². The van der Waals surface area contributed by atoms with Gasteiger partial charge in [-0.3, -0.25) is 14.7 Å². The summed E-state index contributed by atoms with van der Waals surface area (Å²) in [4.78, 5) is 32.4. The lowest BCUT2D eigenvalue weighted by molar-refractivity contribution is -0.129. The van der Waals surface area contributed by atoms with Crippen molar-refractivity contribution in [1.82, 2.24) is 34.9 Å². The van der Waals surface area contributed by atoms with E-state index in [4.69, 9.17) is 16.1 Å². The Morgan fingerprint density at radius 3 is 2.81 bits per heavy atom. The van der Waals surface area contributed by atoms with Crippen LogP contribution in [0.15, 0.2) is 60.7 Å². The number of hydrogen-bond donors (Lipinski definition) is 0. The number of pyridine rings is 1. The van der Waals surface area contributed by atoms with Gasteiger partial charge in [0.25, 0.3) is 5.91 Å². The molecule has 1 amide bonds. The predicted molar refractivity (Wildman–Crippen MR) is 196 cm³/mol. The summed E-state index contributed by atoms with van der Waals surface area (Å²) in [6.07, 6.45) is 11.1. The maximum Gasteiger partial charge on any atom is 0.319 e. The van der Waals surface area contributed by atoms with E-state index in [1.165, 1.54) is 23.4 Å². The number of likely N-dealkylation sites (N-methyl/N-ethyl adjacent to an activating group) is 1. The van der Waals surface area contributed by atoms with E-state index in [2.05, 4.69) is 31.0 Å². The Morgan fingerprint density at radius 2 is 2.02 bits per heavy atom. The number of likely N-dealkylation sites (tertiary alicyclic amines) is 1. The fraction of sp³-hybridized carbons (Fsp3) is 0.350. The Bertz CT molecular complexity index is 2350. The van der Waals surface area contributed by atoms with Gasteiger partial charge in [-0.1, -0.05) is 30.2 Å². The molecule has 0 N–H and O–H groups in total. The van der Waals surface area contributed by atoms with Gasteiger partial charge in [-0.2, -0.15) is 20.2 Å². The number of carbonyl (C=O) groups excluding carboxylic acids is 1. The van der Waals surface area contributed by atoms with Crippen molar-refractivity contribution >= 4 is 39.5 Å². The van der Waals surface area contributed by atoms with Crippen LogP contribution in [0, 0.1) is 24.0 Å². The molecule has 3 fully saturated rings. The summed E-state index contributed by atoms with van der Waals surface area (Å²) >= 11 is 0. The highest BCUT2D eigenvalue weighted by Gasteiger charge is 2.49. The molecule has 3 aliphatic heterocycles. The topological polar surface area (TPSA) is 100 Å². The Kier molecular flexibility index (Phi) is 9.13. The molecule has 8 rings (SSSR count). The lowest BCUT2D eigenvalue weighted by Gasteiger charge is -2.33. The molecule has 0 unspecified atom stereocenters. The number of fused-ring (bicyclic) bond motifs is 3. The Balaban J connectivity index is 1.19. The summed E-state index contributed by atoms with van der Waals surface area (Å²) in [6.45, 7) is 3.25. The van der Waals surface area contributed by atoms with Crippen LogP contribution in [0.3, 0.4) is 0 Å². The molecule has 3 aliphatic rings. The van der Waals surface area contributed by atoms with Crippen LogP contribution < -0.4 is 9.64 Å². The van der Waals surface area contributed by atoms with E-state index in [0.29, 0.717) is 30.2 Å². The first kappa shape index (κ1) is 35.4. The third kappa shape index (κ3) is 6.06. The van der Waals surface area contributed by atoms with Gasteiger partial charge in [0.15, 0.2) is 11.6 Å². The van der Waals surface area contributed by atoms with Gasteiger partial charge in [0.2, 0.25) is 0 Å². The van der Waals surface area contributed by atoms with Crippen LogP contribution in [0.2, 0.25) is 0 Å². The van der Waals surface area contributed by atoms with E-state index in [0.717, 1.165) is 25.5 Å². The zero-order valence-corrected chi connectivity index (χ0v) is 29.6. The average molecular weight is 737 g/mol. The second-order valence-electron chi connectivity index (χ2n) is 14.2. The van der Waals surface area contributed by atoms with Gasteiger partial charge in [0, 0.05) is 62.0 Å². The molecule has 14 heteroatoms. The van der Waals surface area contributed by atoms with Gasteiger partial charge in [-0.15, -0.1) is 6.42 Å². The molecule has 3 aromatic heterocycles. The van der Waals surface area contributed by atoms with E-state index in [-0.39, 0.29) is 64.4 Å². The normalized spacial score (nSPS) is 22.9. The number of hydrogen-bond acceptors (Lipinski definition) is 9. The summed E-state index contributed by atoms with van der Waals surface area (Å²) in [5, 5.41) is 8.76. The molecular formula is C40H36F4N8O2. The highest BCUT2D eigenvalue weighted by atomic mass is 19.1. The third-order valence-electron chi connectivity index (χ3n) is 11.1. The maximum atomic E-state index is 17.0. The number of terminal acetylenes is 1. The second-order valence-corrected chi connectivity index (χ2v) is 14.2. The summed E-state index contributed by atoms with van der Waals surface area (Å²) in [5.41, 5.74) is -0.241. The molecule has 0 aliphatic carbocycles. The van der Waals surface area contributed by atoms with Crippen LogP contribution in [0.1, 0.15) is 43.9 Å². The first-order chi connectivity index (χ1) is 26.1. The maximum absolute atomic E-state index is 17.0. The number of alkyl halides is 1. The number of rotatable bonds is 8. The van der Waals surface area contributed by atoms with E-state index in [9.17, 15) is 13.6 Å². The minimum absolute atomic E-state index is 0.0167. The molecule has 2 aromatic carbocycles. The number of benzene rings is 2. The number of anilines is 1. The van der Waals surface area contributed by atoms with E-state index in [1.807, 2.05) is 6.92 Å². The molecule has 54 heavy (non-hydrogen) atoms. The molecule has 5 aromatic rings. The summed E-state index contributed by atoms with van der Waals surface area (Å²) < 4.78 is 68.0. The van der Waals surface area contributed by atoms with Crippen molar-refractivity contribution in [3.05, 3.63) is 83.6 Å². The van der Waals surface area contributed by atoms with E-state index < -0.39 is 41.1 Å². The second kappa shape index (κ2) is 13.9. The van der Waals surface area contributed by atoms with Gasteiger partial charge in [-0.05, 0) is 56.3 Å². The molecule has 6 heterocycles. The minimum atomic E-state index is -0.979. The molecule has 0 radical (unpaired) electrons. The molecule has 4 atom stereocenters. The Morgan fingerprint density at radius 1 is 1.17 bits per heavy atom. The van der Waals surface area contributed by atoms with E-state index >= 15 is 8.78 Å². The van der Waals surface area contributed by atoms with Crippen molar-refractivity contribution in [1.29, 1.82) is 0 Å². The Hall–Kier alpha value is -5.68. The summed E-state index contributed by atoms with van der Waals surface area (Å²) in [6, 6.07) is 10.1. The standard InChI is InChI=1S/C40H36F4N8O2/c1-4-27-30(42)12-11-24-8-5-10-28(33(24)27)35-34(44)36-29(20-45-35)37(48-39(47-36)54-22-40-14-7-16-51(40)21-25(41)19-40)50(3)32-13-17-52(23(32)2)38(53)31(43)18-26-9-6-15-46-49-26/h1,5-6,8-12,15,18,20,23,25,32H,7,13-14,16-17,19,21-22H2,2-3H3/b31-18-/t23-,25-,32-,40+/m1/s1. The van der Waals surface area contributed by atoms with Crippen LogP contribution in [0.5, 0.6) is 6.01 Å². The fourth-order valence-electron chi connectivity index (χ4n) is 8.49. The molecular weight excluding hydrogens is 700 g/mol.